The molecule has 0 aliphatic heterocycles. The number of hydrazine groups is 3. The molecule has 0 fully saturated rings. The van der Waals surface area contributed by atoms with E-state index in [1.54, 1.807) is 0 Å². The number of hydrogen-bond donors (Lipinski definition) is 3. The Hall–Kier alpha value is -6.01. The number of nitriles is 6. The van der Waals surface area contributed by atoms with Crippen LogP contribution in [0.15, 0.2) is 54.6 Å². The number of nitrogens with zero attached hydrogens (tertiary/aromatic N) is 9. The van der Waals surface area contributed by atoms with Gasteiger partial charge in [0.1, 0.15) is 35.3 Å². The first-order valence-corrected chi connectivity index (χ1v) is 12.2. The summed E-state index contributed by atoms with van der Waals surface area (Å²) in [6, 6.07) is 22.1. The summed E-state index contributed by atoms with van der Waals surface area (Å²) in [5, 5.41) is 57.0. The third kappa shape index (κ3) is 6.71. The van der Waals surface area contributed by atoms with E-state index in [-0.39, 0.29) is 50.4 Å². The molecule has 0 saturated heterocycles. The van der Waals surface area contributed by atoms with Crippen LogP contribution in [0, 0.1) is 68.0 Å². The van der Waals surface area contributed by atoms with Crippen LogP contribution < -0.4 is 33.0 Å². The summed E-state index contributed by atoms with van der Waals surface area (Å²) in [4.78, 5) is 0. The lowest BCUT2D eigenvalue weighted by atomic mass is 10.1. The number of benzene rings is 3. The largest absolute Gasteiger partial charge is 0.543 e. The molecule has 0 aliphatic carbocycles. The minimum Gasteiger partial charge on any atom is -0.222 e. The molecule has 3 aromatic carbocycles. The van der Waals surface area contributed by atoms with Gasteiger partial charge in [0.25, 0.3) is 0 Å². The maximum atomic E-state index is 14.0. The first-order valence-electron chi connectivity index (χ1n) is 10.8. The molecular formula is C24H15N12O4P. The van der Waals surface area contributed by atoms with Gasteiger partial charge in [-0.05, 0) is 54.6 Å². The van der Waals surface area contributed by atoms with Crippen molar-refractivity contribution in [2.24, 2.45) is 17.5 Å². The Kier molecular flexibility index (Phi) is 9.14. The van der Waals surface area contributed by atoms with Crippen LogP contribution in [0.4, 0.5) is 17.1 Å². The van der Waals surface area contributed by atoms with Crippen LogP contribution in [0.3, 0.4) is 0 Å². The zero-order chi connectivity index (χ0) is 30.2. The predicted octanol–water partition coefficient (Wildman–Crippen LogP) is 2.26. The van der Waals surface area contributed by atoms with E-state index < -0.39 is 7.82 Å². The number of hydrogen-bond acceptors (Lipinski definition) is 16. The Bertz CT molecular complexity index is 1600. The fourth-order valence-electron chi connectivity index (χ4n) is 3.13. The topological polar surface area (TPSA) is 275 Å². The van der Waals surface area contributed by atoms with E-state index in [4.69, 9.17) is 31.4 Å². The molecule has 0 saturated carbocycles. The van der Waals surface area contributed by atoms with Crippen molar-refractivity contribution < 1.29 is 18.4 Å². The lowest BCUT2D eigenvalue weighted by Gasteiger charge is -2.29. The second-order valence-corrected chi connectivity index (χ2v) is 8.92. The lowest BCUT2D eigenvalue weighted by Crippen LogP contribution is -2.39. The normalized spacial score (nSPS) is 10.1. The molecule has 0 heterocycles. The molecule has 0 unspecified atom stereocenters. The van der Waals surface area contributed by atoms with Crippen molar-refractivity contribution in [3.8, 4) is 36.4 Å². The first-order chi connectivity index (χ1) is 19.6. The summed E-state index contributed by atoms with van der Waals surface area (Å²) in [6.07, 6.45) is 0. The summed E-state index contributed by atoms with van der Waals surface area (Å²) in [5.41, 5.74) is -0.949. The van der Waals surface area contributed by atoms with Gasteiger partial charge in [-0.3, -0.25) is 0 Å². The minimum atomic E-state index is -5.22. The van der Waals surface area contributed by atoms with Crippen molar-refractivity contribution in [3.05, 3.63) is 88.0 Å². The van der Waals surface area contributed by atoms with E-state index in [1.165, 1.54) is 36.4 Å². The van der Waals surface area contributed by atoms with Crippen LogP contribution in [0.25, 0.3) is 0 Å². The third-order valence-corrected chi connectivity index (χ3v) is 6.15. The van der Waals surface area contributed by atoms with E-state index in [9.17, 15) is 36.1 Å². The van der Waals surface area contributed by atoms with Crippen LogP contribution in [0.5, 0.6) is 0 Å². The number of anilines is 3. The van der Waals surface area contributed by atoms with Gasteiger partial charge in [-0.1, -0.05) is 0 Å². The summed E-state index contributed by atoms with van der Waals surface area (Å²) < 4.78 is 29.7. The molecule has 200 valence electrons. The molecule has 3 rings (SSSR count). The van der Waals surface area contributed by atoms with Crippen molar-refractivity contribution in [1.29, 1.82) is 31.6 Å². The van der Waals surface area contributed by atoms with E-state index >= 15 is 0 Å². The molecule has 41 heavy (non-hydrogen) atoms. The van der Waals surface area contributed by atoms with Crippen LogP contribution >= 0.6 is 7.82 Å². The number of rotatable bonds is 9. The van der Waals surface area contributed by atoms with Gasteiger partial charge in [-0.15, -0.1) is 13.9 Å². The average Bonchev–Trinajstić information content (AvgIpc) is 2.99. The van der Waals surface area contributed by atoms with Crippen molar-refractivity contribution in [2.75, 3.05) is 15.5 Å². The monoisotopic (exact) mass is 566 g/mol. The van der Waals surface area contributed by atoms with Crippen LogP contribution in [0.1, 0.15) is 33.4 Å². The molecule has 0 amide bonds. The highest BCUT2D eigenvalue weighted by Gasteiger charge is 2.38. The van der Waals surface area contributed by atoms with Crippen LogP contribution in [0.2, 0.25) is 0 Å². The second kappa shape index (κ2) is 12.7. The molecule has 0 aliphatic rings. The van der Waals surface area contributed by atoms with Crippen LogP contribution in [-0.4, -0.2) is 0 Å². The van der Waals surface area contributed by atoms with Crippen molar-refractivity contribution in [1.82, 2.24) is 0 Å². The van der Waals surface area contributed by atoms with Gasteiger partial charge in [0, 0.05) is 0 Å². The fourth-order valence-corrected chi connectivity index (χ4v) is 4.13. The quantitative estimate of drug-likeness (QED) is 0.190. The summed E-state index contributed by atoms with van der Waals surface area (Å²) in [5.74, 6) is 17.8. The third-order valence-electron chi connectivity index (χ3n) is 5.02. The lowest BCUT2D eigenvalue weighted by molar-refractivity contribution is 0.0859. The Morgan fingerprint density at radius 1 is 0.512 bits per heavy atom. The average molecular weight is 566 g/mol. The molecular weight excluding hydrogens is 551 g/mol. The standard InChI is InChI=1S/C24H15N12O4P/c25-10-16-1-4-19(13-28)22(7-16)34(31)38-41(37,39-35(32)23-8-17(11-26)2-5-20(23)14-29)40-36(33)24-9-18(12-27)3-6-21(24)15-30/h1-9H,31-33H2. The molecule has 6 N–H and O–H groups in total. The van der Waals surface area contributed by atoms with Crippen molar-refractivity contribution in [2.45, 2.75) is 0 Å². The molecule has 0 atom stereocenters. The fraction of sp³-hybridized carbons (Fsp3) is 0. The predicted molar refractivity (Wildman–Crippen MR) is 138 cm³/mol. The van der Waals surface area contributed by atoms with E-state index in [0.717, 1.165) is 18.2 Å². The number of nitrogens with two attached hydrogens (primary N) is 3. The van der Waals surface area contributed by atoms with E-state index in [0.29, 0.717) is 15.5 Å². The van der Waals surface area contributed by atoms with Gasteiger partial charge in [0.15, 0.2) is 0 Å². The van der Waals surface area contributed by atoms with Gasteiger partial charge >= 0.3 is 7.82 Å². The van der Waals surface area contributed by atoms with E-state index in [2.05, 4.69) is 0 Å². The highest BCUT2D eigenvalue weighted by Crippen LogP contribution is 2.52. The molecule has 17 heteroatoms. The maximum Gasteiger partial charge on any atom is 0.543 e. The van der Waals surface area contributed by atoms with Gasteiger partial charge < -0.3 is 0 Å². The Morgan fingerprint density at radius 3 is 1.00 bits per heavy atom. The second-order valence-electron chi connectivity index (χ2n) is 7.54. The molecule has 0 radical (unpaired) electrons. The summed E-state index contributed by atoms with van der Waals surface area (Å²) >= 11 is 0. The highest BCUT2D eigenvalue weighted by molar-refractivity contribution is 7.48. The minimum absolute atomic E-state index is 0.0505. The van der Waals surface area contributed by atoms with Gasteiger partial charge in [0.2, 0.25) is 0 Å². The maximum absolute atomic E-state index is 14.0. The molecule has 3 aromatic rings. The summed E-state index contributed by atoms with van der Waals surface area (Å²) in [7, 11) is -5.22. The molecule has 0 bridgehead atoms. The first kappa shape index (κ1) is 29.5. The zero-order valence-corrected chi connectivity index (χ0v) is 21.4. The van der Waals surface area contributed by atoms with Gasteiger partial charge in [0.05, 0.1) is 51.6 Å². The molecule has 0 spiro atoms. The number of phosphoric acid groups is 1. The molecule has 16 nitrogen and oxygen atoms in total. The smallest absolute Gasteiger partial charge is 0.222 e. The SMILES string of the molecule is N#Cc1ccc(C#N)c(N(N)OP(=O)(ON(N)c2cc(C#N)ccc2C#N)ON(N)c2cc(C#N)ccc2C#N)c1. The van der Waals surface area contributed by atoms with Gasteiger partial charge in [-0.2, -0.15) is 47.1 Å². The highest BCUT2D eigenvalue weighted by atomic mass is 31.2. The Balaban J connectivity index is 2.08. The van der Waals surface area contributed by atoms with Crippen LogP contribution in [-0.2, 0) is 18.4 Å². The Labute approximate surface area is 232 Å². The van der Waals surface area contributed by atoms with Crippen molar-refractivity contribution in [3.63, 3.8) is 0 Å². The van der Waals surface area contributed by atoms with Gasteiger partial charge in [-0.25, -0.2) is 22.1 Å². The van der Waals surface area contributed by atoms with E-state index in [1.807, 2.05) is 36.4 Å². The molecule has 0 aromatic heterocycles. The van der Waals surface area contributed by atoms with Crippen molar-refractivity contribution >= 4 is 24.9 Å². The zero-order valence-electron chi connectivity index (χ0n) is 20.5. The Morgan fingerprint density at radius 2 is 0.780 bits per heavy atom. The summed E-state index contributed by atoms with van der Waals surface area (Å²) in [6.45, 7) is 0.